The average Bonchev–Trinajstić information content (AvgIpc) is 2.96. The Bertz CT molecular complexity index is 526. The van der Waals surface area contributed by atoms with Crippen molar-refractivity contribution < 1.29 is 4.74 Å². The fourth-order valence-electron chi connectivity index (χ4n) is 4.75. The van der Waals surface area contributed by atoms with E-state index in [9.17, 15) is 0 Å². The summed E-state index contributed by atoms with van der Waals surface area (Å²) in [5.41, 5.74) is 3.14. The first-order chi connectivity index (χ1) is 11.9. The van der Waals surface area contributed by atoms with Gasteiger partial charge in [0.1, 0.15) is 0 Å². The SMILES string of the molecule is CC(C)CC[C@@H](CCN1Cc2ccccc2C1)[C@H]1CCOC(C)(C)C1. The number of nitrogens with zero attached hydrogens (tertiary/aromatic N) is 1. The summed E-state index contributed by atoms with van der Waals surface area (Å²) in [5.74, 6) is 2.51. The molecule has 2 aliphatic rings. The molecule has 25 heavy (non-hydrogen) atoms. The van der Waals surface area contributed by atoms with E-state index in [2.05, 4.69) is 56.9 Å². The quantitative estimate of drug-likeness (QED) is 0.634. The van der Waals surface area contributed by atoms with Crippen molar-refractivity contribution in [2.45, 2.75) is 78.5 Å². The minimum atomic E-state index is 0.0723. The molecule has 0 unspecified atom stereocenters. The molecule has 2 atom stereocenters. The fourth-order valence-corrected chi connectivity index (χ4v) is 4.75. The van der Waals surface area contributed by atoms with Crippen molar-refractivity contribution in [3.63, 3.8) is 0 Å². The molecule has 3 rings (SSSR count). The number of benzene rings is 1. The molecule has 0 bridgehead atoms. The Morgan fingerprint density at radius 1 is 1.08 bits per heavy atom. The monoisotopic (exact) mass is 343 g/mol. The van der Waals surface area contributed by atoms with E-state index in [1.807, 2.05) is 0 Å². The Kier molecular flexibility index (Phi) is 6.22. The van der Waals surface area contributed by atoms with Crippen molar-refractivity contribution in [1.29, 1.82) is 0 Å². The zero-order chi connectivity index (χ0) is 17.9. The van der Waals surface area contributed by atoms with Crippen molar-refractivity contribution in [3.8, 4) is 0 Å². The number of hydrogen-bond donors (Lipinski definition) is 0. The predicted molar refractivity (Wildman–Crippen MR) is 105 cm³/mol. The zero-order valence-electron chi connectivity index (χ0n) is 16.8. The van der Waals surface area contributed by atoms with Gasteiger partial charge in [0.25, 0.3) is 0 Å². The second-order valence-electron chi connectivity index (χ2n) is 9.36. The third-order valence-electron chi connectivity index (χ3n) is 6.24. The van der Waals surface area contributed by atoms with Crippen LogP contribution in [0.1, 0.15) is 70.9 Å². The molecule has 2 heteroatoms. The van der Waals surface area contributed by atoms with Crippen LogP contribution in [0.5, 0.6) is 0 Å². The van der Waals surface area contributed by atoms with Crippen LogP contribution in [0.25, 0.3) is 0 Å². The van der Waals surface area contributed by atoms with Crippen molar-refractivity contribution in [1.82, 2.24) is 4.90 Å². The van der Waals surface area contributed by atoms with Crippen molar-refractivity contribution in [2.24, 2.45) is 17.8 Å². The topological polar surface area (TPSA) is 12.5 Å². The van der Waals surface area contributed by atoms with E-state index < -0.39 is 0 Å². The number of rotatable bonds is 7. The molecule has 1 aromatic rings. The molecule has 0 aliphatic carbocycles. The summed E-state index contributed by atoms with van der Waals surface area (Å²) in [4.78, 5) is 2.65. The van der Waals surface area contributed by atoms with Gasteiger partial charge in [0.05, 0.1) is 5.60 Å². The van der Waals surface area contributed by atoms with E-state index in [0.717, 1.165) is 37.5 Å². The first-order valence-electron chi connectivity index (χ1n) is 10.4. The van der Waals surface area contributed by atoms with Gasteiger partial charge in [-0.25, -0.2) is 0 Å². The normalized spacial score (nSPS) is 24.4. The third kappa shape index (κ3) is 5.31. The summed E-state index contributed by atoms with van der Waals surface area (Å²) in [6, 6.07) is 8.95. The third-order valence-corrected chi connectivity index (χ3v) is 6.24. The average molecular weight is 344 g/mol. The highest BCUT2D eigenvalue weighted by Gasteiger charge is 2.33. The molecule has 0 amide bonds. The van der Waals surface area contributed by atoms with E-state index in [1.54, 1.807) is 0 Å². The Balaban J connectivity index is 1.56. The van der Waals surface area contributed by atoms with E-state index in [0.29, 0.717) is 0 Å². The van der Waals surface area contributed by atoms with Gasteiger partial charge < -0.3 is 4.74 Å². The molecule has 0 aromatic heterocycles. The first kappa shape index (κ1) is 18.9. The van der Waals surface area contributed by atoms with Crippen LogP contribution >= 0.6 is 0 Å². The van der Waals surface area contributed by atoms with Gasteiger partial charge in [-0.2, -0.15) is 0 Å². The second-order valence-corrected chi connectivity index (χ2v) is 9.36. The van der Waals surface area contributed by atoms with Gasteiger partial charge in [-0.3, -0.25) is 4.90 Å². The summed E-state index contributed by atoms with van der Waals surface area (Å²) in [5, 5.41) is 0. The molecule has 2 heterocycles. The van der Waals surface area contributed by atoms with Crippen LogP contribution in [-0.4, -0.2) is 23.7 Å². The maximum Gasteiger partial charge on any atom is 0.0629 e. The summed E-state index contributed by atoms with van der Waals surface area (Å²) in [7, 11) is 0. The van der Waals surface area contributed by atoms with Gasteiger partial charge in [0.2, 0.25) is 0 Å². The molecule has 0 radical (unpaired) electrons. The minimum absolute atomic E-state index is 0.0723. The molecule has 0 N–H and O–H groups in total. The van der Waals surface area contributed by atoms with E-state index in [1.165, 1.54) is 49.8 Å². The number of fused-ring (bicyclic) bond motifs is 1. The standard InChI is InChI=1S/C23H37NO/c1-18(2)9-10-19(20-12-14-25-23(3,4)15-20)11-13-24-16-21-7-5-6-8-22(21)17-24/h5-8,18-20H,9-17H2,1-4H3/t19-,20-/m0/s1. The largest absolute Gasteiger partial charge is 0.376 e. The summed E-state index contributed by atoms with van der Waals surface area (Å²) in [6.07, 6.45) is 6.59. The second kappa shape index (κ2) is 8.22. The molecule has 2 aliphatic heterocycles. The van der Waals surface area contributed by atoms with Crippen LogP contribution < -0.4 is 0 Å². The molecule has 2 nitrogen and oxygen atoms in total. The number of ether oxygens (including phenoxy) is 1. The minimum Gasteiger partial charge on any atom is -0.376 e. The molecule has 0 saturated carbocycles. The fraction of sp³-hybridized carbons (Fsp3) is 0.739. The van der Waals surface area contributed by atoms with E-state index in [4.69, 9.17) is 4.74 Å². The van der Waals surface area contributed by atoms with Crippen LogP contribution in [0.3, 0.4) is 0 Å². The maximum absolute atomic E-state index is 5.98. The number of hydrogen-bond acceptors (Lipinski definition) is 2. The van der Waals surface area contributed by atoms with Crippen molar-refractivity contribution in [3.05, 3.63) is 35.4 Å². The van der Waals surface area contributed by atoms with E-state index >= 15 is 0 Å². The highest BCUT2D eigenvalue weighted by Crippen LogP contribution is 2.37. The van der Waals surface area contributed by atoms with Crippen LogP contribution in [0.2, 0.25) is 0 Å². The lowest BCUT2D eigenvalue weighted by atomic mass is 9.75. The Hall–Kier alpha value is -0.860. The smallest absolute Gasteiger partial charge is 0.0629 e. The van der Waals surface area contributed by atoms with Gasteiger partial charge in [0, 0.05) is 19.7 Å². The molecule has 140 valence electrons. The molecule has 1 saturated heterocycles. The lowest BCUT2D eigenvalue weighted by molar-refractivity contribution is -0.0845. The maximum atomic E-state index is 5.98. The van der Waals surface area contributed by atoms with E-state index in [-0.39, 0.29) is 5.60 Å². The molecule has 1 fully saturated rings. The zero-order valence-corrected chi connectivity index (χ0v) is 16.8. The van der Waals surface area contributed by atoms with Crippen LogP contribution in [0.15, 0.2) is 24.3 Å². The van der Waals surface area contributed by atoms with Gasteiger partial charge in [-0.05, 0) is 75.0 Å². The van der Waals surface area contributed by atoms with Crippen molar-refractivity contribution in [2.75, 3.05) is 13.2 Å². The van der Waals surface area contributed by atoms with Crippen LogP contribution in [0, 0.1) is 17.8 Å². The Morgan fingerprint density at radius 3 is 2.36 bits per heavy atom. The highest BCUT2D eigenvalue weighted by atomic mass is 16.5. The predicted octanol–water partition coefficient (Wildman–Crippen LogP) is 5.65. The summed E-state index contributed by atoms with van der Waals surface area (Å²) in [6.45, 7) is 13.8. The van der Waals surface area contributed by atoms with Gasteiger partial charge in [-0.1, -0.05) is 44.5 Å². The molecular weight excluding hydrogens is 306 g/mol. The lowest BCUT2D eigenvalue weighted by Gasteiger charge is -2.40. The van der Waals surface area contributed by atoms with Gasteiger partial charge >= 0.3 is 0 Å². The molecular formula is C23H37NO. The van der Waals surface area contributed by atoms with Gasteiger partial charge in [-0.15, -0.1) is 0 Å². The lowest BCUT2D eigenvalue weighted by Crippen LogP contribution is -2.37. The first-order valence-corrected chi connectivity index (χ1v) is 10.4. The Morgan fingerprint density at radius 2 is 1.76 bits per heavy atom. The summed E-state index contributed by atoms with van der Waals surface area (Å²) >= 11 is 0. The highest BCUT2D eigenvalue weighted by molar-refractivity contribution is 5.30. The van der Waals surface area contributed by atoms with Crippen molar-refractivity contribution >= 4 is 0 Å². The molecule has 0 spiro atoms. The Labute approximate surface area is 154 Å². The summed E-state index contributed by atoms with van der Waals surface area (Å²) < 4.78 is 5.98. The van der Waals surface area contributed by atoms with Crippen LogP contribution in [-0.2, 0) is 17.8 Å². The van der Waals surface area contributed by atoms with Gasteiger partial charge in [0.15, 0.2) is 0 Å². The van der Waals surface area contributed by atoms with Crippen LogP contribution in [0.4, 0.5) is 0 Å². The molecule has 1 aromatic carbocycles.